The standard InChI is InChI=1S/C14H24N4O/c1-3-18(4-2)12(13-7-5-10-19-13)11-17-14-15-8-6-9-16-14/h5,7,10,12H,3-4,6,8-9,11H2,1-2H3,(H2,15,16,17). The van der Waals surface area contributed by atoms with E-state index < -0.39 is 0 Å². The average Bonchev–Trinajstić information content (AvgIpc) is 2.98. The van der Waals surface area contributed by atoms with Crippen LogP contribution in [0, 0.1) is 0 Å². The second-order valence-corrected chi connectivity index (χ2v) is 4.64. The quantitative estimate of drug-likeness (QED) is 0.819. The predicted molar refractivity (Wildman–Crippen MR) is 77.3 cm³/mol. The molecule has 19 heavy (non-hydrogen) atoms. The van der Waals surface area contributed by atoms with E-state index in [4.69, 9.17) is 4.42 Å². The lowest BCUT2D eigenvalue weighted by Gasteiger charge is -2.29. The molecule has 0 saturated carbocycles. The number of hydrogen-bond acceptors (Lipinski definition) is 5. The van der Waals surface area contributed by atoms with Crippen LogP contribution in [0.4, 0.5) is 0 Å². The predicted octanol–water partition coefficient (Wildman–Crippen LogP) is 1.60. The van der Waals surface area contributed by atoms with Gasteiger partial charge in [0.15, 0.2) is 5.96 Å². The Bertz CT molecular complexity index is 384. The molecule has 0 aliphatic carbocycles. The highest BCUT2D eigenvalue weighted by Crippen LogP contribution is 2.20. The third-order valence-electron chi connectivity index (χ3n) is 3.48. The zero-order chi connectivity index (χ0) is 13.5. The number of hydrogen-bond donors (Lipinski definition) is 2. The van der Waals surface area contributed by atoms with Crippen molar-refractivity contribution in [3.63, 3.8) is 0 Å². The van der Waals surface area contributed by atoms with Crippen LogP contribution in [0.3, 0.4) is 0 Å². The number of nitrogens with one attached hydrogen (secondary N) is 2. The molecule has 0 spiro atoms. The largest absolute Gasteiger partial charge is 0.468 e. The Labute approximate surface area is 115 Å². The molecule has 106 valence electrons. The topological polar surface area (TPSA) is 52.8 Å². The lowest BCUT2D eigenvalue weighted by Crippen LogP contribution is -2.45. The van der Waals surface area contributed by atoms with Crippen LogP contribution in [0.5, 0.6) is 0 Å². The number of furan rings is 1. The monoisotopic (exact) mass is 264 g/mol. The molecule has 1 atom stereocenters. The molecular formula is C14H24N4O. The fourth-order valence-electron chi connectivity index (χ4n) is 2.40. The first-order valence-electron chi connectivity index (χ1n) is 7.14. The van der Waals surface area contributed by atoms with E-state index in [2.05, 4.69) is 34.4 Å². The van der Waals surface area contributed by atoms with Crippen molar-refractivity contribution in [3.8, 4) is 0 Å². The Kier molecular flexibility index (Phi) is 5.27. The van der Waals surface area contributed by atoms with Crippen molar-refractivity contribution in [3.05, 3.63) is 24.2 Å². The Morgan fingerprint density at radius 2 is 2.32 bits per heavy atom. The first-order valence-corrected chi connectivity index (χ1v) is 7.14. The molecule has 0 bridgehead atoms. The van der Waals surface area contributed by atoms with Crippen molar-refractivity contribution in [1.29, 1.82) is 0 Å². The van der Waals surface area contributed by atoms with E-state index in [1.54, 1.807) is 6.26 Å². The van der Waals surface area contributed by atoms with Crippen LogP contribution in [-0.2, 0) is 0 Å². The van der Waals surface area contributed by atoms with E-state index in [1.807, 2.05) is 12.1 Å². The van der Waals surface area contributed by atoms with Crippen LogP contribution in [0.1, 0.15) is 32.1 Å². The van der Waals surface area contributed by atoms with Gasteiger partial charge in [0.05, 0.1) is 12.3 Å². The van der Waals surface area contributed by atoms with E-state index in [-0.39, 0.29) is 6.04 Å². The van der Waals surface area contributed by atoms with Crippen molar-refractivity contribution >= 4 is 5.96 Å². The van der Waals surface area contributed by atoms with Crippen LogP contribution in [0.2, 0.25) is 0 Å². The second-order valence-electron chi connectivity index (χ2n) is 4.64. The first-order chi connectivity index (χ1) is 9.35. The van der Waals surface area contributed by atoms with Crippen LogP contribution in [0.25, 0.3) is 0 Å². The van der Waals surface area contributed by atoms with Gasteiger partial charge in [0, 0.05) is 19.6 Å². The molecule has 0 aromatic carbocycles. The van der Waals surface area contributed by atoms with Crippen LogP contribution >= 0.6 is 0 Å². The highest BCUT2D eigenvalue weighted by Gasteiger charge is 2.21. The Balaban J connectivity index is 1.99. The summed E-state index contributed by atoms with van der Waals surface area (Å²) in [6.45, 7) is 9.08. The number of likely N-dealkylation sites (N-methyl/N-ethyl adjacent to an activating group) is 1. The molecule has 0 fully saturated rings. The second kappa shape index (κ2) is 7.19. The summed E-state index contributed by atoms with van der Waals surface area (Å²) >= 11 is 0. The summed E-state index contributed by atoms with van der Waals surface area (Å²) in [6, 6.07) is 4.24. The maximum absolute atomic E-state index is 5.58. The third-order valence-corrected chi connectivity index (χ3v) is 3.48. The van der Waals surface area contributed by atoms with Gasteiger partial charge in [0.25, 0.3) is 0 Å². The minimum Gasteiger partial charge on any atom is -0.468 e. The summed E-state index contributed by atoms with van der Waals surface area (Å²) in [7, 11) is 0. The summed E-state index contributed by atoms with van der Waals surface area (Å²) in [4.78, 5) is 6.82. The molecule has 5 heteroatoms. The summed E-state index contributed by atoms with van der Waals surface area (Å²) in [5.41, 5.74) is 0. The molecule has 1 aromatic rings. The van der Waals surface area contributed by atoms with E-state index >= 15 is 0 Å². The average molecular weight is 264 g/mol. The molecule has 1 aromatic heterocycles. The normalized spacial score (nSPS) is 16.9. The summed E-state index contributed by atoms with van der Waals surface area (Å²) in [6.07, 6.45) is 2.85. The molecular weight excluding hydrogens is 240 g/mol. The molecule has 2 heterocycles. The molecule has 0 radical (unpaired) electrons. The van der Waals surface area contributed by atoms with E-state index in [9.17, 15) is 0 Å². The minimum atomic E-state index is 0.247. The van der Waals surface area contributed by atoms with Gasteiger partial charge in [-0.2, -0.15) is 0 Å². The van der Waals surface area contributed by atoms with Crippen molar-refractivity contribution in [1.82, 2.24) is 15.5 Å². The van der Waals surface area contributed by atoms with Gasteiger partial charge in [-0.15, -0.1) is 0 Å². The number of guanidine groups is 1. The maximum atomic E-state index is 5.58. The van der Waals surface area contributed by atoms with Crippen LogP contribution in [0.15, 0.2) is 27.8 Å². The first kappa shape index (κ1) is 13.9. The fraction of sp³-hybridized carbons (Fsp3) is 0.643. The van der Waals surface area contributed by atoms with Crippen LogP contribution in [-0.4, -0.2) is 43.6 Å². The summed E-state index contributed by atoms with van der Waals surface area (Å²) < 4.78 is 5.58. The molecule has 2 rings (SSSR count). The third kappa shape index (κ3) is 3.73. The fourth-order valence-corrected chi connectivity index (χ4v) is 2.40. The van der Waals surface area contributed by atoms with Crippen molar-refractivity contribution in [2.45, 2.75) is 26.3 Å². The van der Waals surface area contributed by atoms with Gasteiger partial charge in [-0.1, -0.05) is 13.8 Å². The van der Waals surface area contributed by atoms with Crippen molar-refractivity contribution < 1.29 is 4.42 Å². The highest BCUT2D eigenvalue weighted by atomic mass is 16.3. The molecule has 5 nitrogen and oxygen atoms in total. The van der Waals surface area contributed by atoms with Gasteiger partial charge in [-0.25, -0.2) is 0 Å². The Morgan fingerprint density at radius 1 is 1.47 bits per heavy atom. The SMILES string of the molecule is CCN(CC)C(CNC1=NCCCN1)c1ccco1. The summed E-state index contributed by atoms with van der Waals surface area (Å²) in [5, 5.41) is 6.68. The van der Waals surface area contributed by atoms with Gasteiger partial charge < -0.3 is 15.1 Å². The van der Waals surface area contributed by atoms with E-state index in [0.717, 1.165) is 50.9 Å². The Hall–Kier alpha value is -1.49. The van der Waals surface area contributed by atoms with Crippen molar-refractivity contribution in [2.24, 2.45) is 4.99 Å². The summed E-state index contributed by atoms with van der Waals surface area (Å²) in [5.74, 6) is 1.92. The van der Waals surface area contributed by atoms with Crippen LogP contribution < -0.4 is 10.6 Å². The van der Waals surface area contributed by atoms with Gasteiger partial charge in [0.1, 0.15) is 5.76 Å². The molecule has 2 N–H and O–H groups in total. The lowest BCUT2D eigenvalue weighted by atomic mass is 10.2. The molecule has 1 aliphatic heterocycles. The van der Waals surface area contributed by atoms with Gasteiger partial charge >= 0.3 is 0 Å². The minimum absolute atomic E-state index is 0.247. The van der Waals surface area contributed by atoms with E-state index in [1.165, 1.54) is 0 Å². The van der Waals surface area contributed by atoms with Gasteiger partial charge in [-0.05, 0) is 31.6 Å². The number of nitrogens with zero attached hydrogens (tertiary/aromatic N) is 2. The Morgan fingerprint density at radius 3 is 2.89 bits per heavy atom. The van der Waals surface area contributed by atoms with Crippen molar-refractivity contribution in [2.75, 3.05) is 32.7 Å². The van der Waals surface area contributed by atoms with Gasteiger partial charge in [0.2, 0.25) is 0 Å². The molecule has 0 amide bonds. The van der Waals surface area contributed by atoms with Gasteiger partial charge in [-0.3, -0.25) is 9.89 Å². The zero-order valence-electron chi connectivity index (χ0n) is 11.9. The maximum Gasteiger partial charge on any atom is 0.191 e. The smallest absolute Gasteiger partial charge is 0.191 e. The van der Waals surface area contributed by atoms with E-state index in [0.29, 0.717) is 0 Å². The zero-order valence-corrected chi connectivity index (χ0v) is 11.9. The molecule has 1 unspecified atom stereocenters. The molecule has 1 aliphatic rings. The lowest BCUT2D eigenvalue weighted by molar-refractivity contribution is 0.193. The number of rotatable bonds is 6. The number of aliphatic imine (C=N–C) groups is 1. The molecule has 0 saturated heterocycles. The highest BCUT2D eigenvalue weighted by molar-refractivity contribution is 5.80.